The van der Waals surface area contributed by atoms with Gasteiger partial charge in [0.25, 0.3) is 0 Å². The van der Waals surface area contributed by atoms with Crippen LogP contribution in [0.5, 0.6) is 0 Å². The van der Waals surface area contributed by atoms with Crippen LogP contribution in [0.2, 0.25) is 0 Å². The van der Waals surface area contributed by atoms with Gasteiger partial charge in [-0.3, -0.25) is 4.90 Å². The normalized spacial score (nSPS) is 22.3. The average Bonchev–Trinajstić information content (AvgIpc) is 2.89. The first kappa shape index (κ1) is 13.0. The molecular formula is C13H23N3S. The molecule has 0 aromatic carbocycles. The van der Waals surface area contributed by atoms with Crippen LogP contribution in [0.15, 0.2) is 0 Å². The molecule has 2 heterocycles. The fourth-order valence-electron chi connectivity index (χ4n) is 2.86. The first-order valence-corrected chi connectivity index (χ1v) is 7.35. The Morgan fingerprint density at radius 3 is 2.76 bits per heavy atom. The SMILES string of the molecule is CCN(C1CCNC1)C(C)c1sc(C)nc1C. The van der Waals surface area contributed by atoms with Crippen molar-refractivity contribution < 1.29 is 0 Å². The van der Waals surface area contributed by atoms with Crippen LogP contribution in [0.3, 0.4) is 0 Å². The number of nitrogens with one attached hydrogen (secondary N) is 1. The number of aryl methyl sites for hydroxylation is 2. The molecule has 0 amide bonds. The third kappa shape index (κ3) is 2.69. The quantitative estimate of drug-likeness (QED) is 0.893. The van der Waals surface area contributed by atoms with Gasteiger partial charge in [0.1, 0.15) is 0 Å². The number of nitrogens with zero attached hydrogens (tertiary/aromatic N) is 2. The van der Waals surface area contributed by atoms with E-state index in [1.165, 1.54) is 22.0 Å². The summed E-state index contributed by atoms with van der Waals surface area (Å²) in [6, 6.07) is 1.19. The van der Waals surface area contributed by atoms with Gasteiger partial charge in [-0.05, 0) is 40.3 Å². The molecule has 1 fully saturated rings. The van der Waals surface area contributed by atoms with Crippen molar-refractivity contribution in [3.8, 4) is 0 Å². The molecule has 2 unspecified atom stereocenters. The van der Waals surface area contributed by atoms with Crippen molar-refractivity contribution in [2.45, 2.75) is 46.2 Å². The summed E-state index contributed by atoms with van der Waals surface area (Å²) < 4.78 is 0. The highest BCUT2D eigenvalue weighted by molar-refractivity contribution is 7.11. The van der Waals surface area contributed by atoms with Gasteiger partial charge >= 0.3 is 0 Å². The second-order valence-corrected chi connectivity index (χ2v) is 6.07. The zero-order valence-electron chi connectivity index (χ0n) is 11.3. The monoisotopic (exact) mass is 253 g/mol. The topological polar surface area (TPSA) is 28.2 Å². The highest BCUT2D eigenvalue weighted by Gasteiger charge is 2.27. The van der Waals surface area contributed by atoms with Crippen molar-refractivity contribution in [3.05, 3.63) is 15.6 Å². The molecule has 1 N–H and O–H groups in total. The molecule has 2 rings (SSSR count). The number of hydrogen-bond donors (Lipinski definition) is 1. The lowest BCUT2D eigenvalue weighted by molar-refractivity contribution is 0.164. The Balaban J connectivity index is 2.16. The zero-order valence-corrected chi connectivity index (χ0v) is 12.1. The summed E-state index contributed by atoms with van der Waals surface area (Å²) in [6.45, 7) is 12.2. The van der Waals surface area contributed by atoms with Crippen LogP contribution in [0.1, 0.15) is 41.9 Å². The van der Waals surface area contributed by atoms with E-state index in [1.807, 2.05) is 11.3 Å². The molecule has 4 heteroatoms. The smallest absolute Gasteiger partial charge is 0.0900 e. The zero-order chi connectivity index (χ0) is 12.4. The Morgan fingerprint density at radius 1 is 1.53 bits per heavy atom. The molecule has 3 nitrogen and oxygen atoms in total. The Morgan fingerprint density at radius 2 is 2.29 bits per heavy atom. The Labute approximate surface area is 108 Å². The third-order valence-corrected chi connectivity index (χ3v) is 4.93. The van der Waals surface area contributed by atoms with E-state index in [1.54, 1.807) is 0 Å². The van der Waals surface area contributed by atoms with Crippen molar-refractivity contribution in [1.82, 2.24) is 15.2 Å². The van der Waals surface area contributed by atoms with Gasteiger partial charge in [0, 0.05) is 23.5 Å². The Kier molecular flexibility index (Phi) is 4.17. The van der Waals surface area contributed by atoms with E-state index in [2.05, 4.69) is 42.9 Å². The molecule has 1 aliphatic rings. The van der Waals surface area contributed by atoms with Gasteiger partial charge in [0.05, 0.1) is 10.7 Å². The largest absolute Gasteiger partial charge is 0.315 e. The van der Waals surface area contributed by atoms with Crippen LogP contribution in [-0.2, 0) is 0 Å². The maximum Gasteiger partial charge on any atom is 0.0900 e. The molecule has 96 valence electrons. The van der Waals surface area contributed by atoms with Crippen LogP contribution in [0, 0.1) is 13.8 Å². The minimum absolute atomic E-state index is 0.496. The van der Waals surface area contributed by atoms with Crippen molar-refractivity contribution in [2.75, 3.05) is 19.6 Å². The molecule has 1 aromatic rings. The second-order valence-electron chi connectivity index (χ2n) is 4.84. The van der Waals surface area contributed by atoms with E-state index in [0.29, 0.717) is 12.1 Å². The minimum atomic E-state index is 0.496. The fraction of sp³-hybridized carbons (Fsp3) is 0.769. The molecule has 1 aliphatic heterocycles. The van der Waals surface area contributed by atoms with E-state index < -0.39 is 0 Å². The highest BCUT2D eigenvalue weighted by Crippen LogP contribution is 2.31. The highest BCUT2D eigenvalue weighted by atomic mass is 32.1. The van der Waals surface area contributed by atoms with E-state index in [-0.39, 0.29) is 0 Å². The maximum atomic E-state index is 4.55. The Bertz CT molecular complexity index is 369. The van der Waals surface area contributed by atoms with Crippen LogP contribution in [0.25, 0.3) is 0 Å². The van der Waals surface area contributed by atoms with Crippen LogP contribution in [0.4, 0.5) is 0 Å². The van der Waals surface area contributed by atoms with Crippen molar-refractivity contribution >= 4 is 11.3 Å². The summed E-state index contributed by atoms with van der Waals surface area (Å²) in [5.41, 5.74) is 1.21. The first-order valence-electron chi connectivity index (χ1n) is 6.53. The summed E-state index contributed by atoms with van der Waals surface area (Å²) >= 11 is 1.85. The molecule has 0 aliphatic carbocycles. The van der Waals surface area contributed by atoms with Gasteiger partial charge in [0.15, 0.2) is 0 Å². The molecule has 17 heavy (non-hydrogen) atoms. The van der Waals surface area contributed by atoms with Gasteiger partial charge in [-0.15, -0.1) is 11.3 Å². The second kappa shape index (κ2) is 5.46. The predicted molar refractivity (Wildman–Crippen MR) is 73.7 cm³/mol. The molecule has 0 radical (unpaired) electrons. The van der Waals surface area contributed by atoms with E-state index in [9.17, 15) is 0 Å². The van der Waals surface area contributed by atoms with E-state index >= 15 is 0 Å². The number of hydrogen-bond acceptors (Lipinski definition) is 4. The third-order valence-electron chi connectivity index (χ3n) is 3.68. The van der Waals surface area contributed by atoms with Gasteiger partial charge in [0.2, 0.25) is 0 Å². The van der Waals surface area contributed by atoms with Crippen LogP contribution >= 0.6 is 11.3 Å². The number of rotatable bonds is 4. The molecule has 1 saturated heterocycles. The summed E-state index contributed by atoms with van der Waals surface area (Å²) in [5, 5.41) is 4.64. The summed E-state index contributed by atoms with van der Waals surface area (Å²) in [7, 11) is 0. The first-order chi connectivity index (χ1) is 8.13. The molecule has 2 atom stereocenters. The number of thiazole rings is 1. The lowest BCUT2D eigenvalue weighted by atomic mass is 10.1. The average molecular weight is 253 g/mol. The molecular weight excluding hydrogens is 230 g/mol. The van der Waals surface area contributed by atoms with E-state index in [4.69, 9.17) is 0 Å². The van der Waals surface area contributed by atoms with E-state index in [0.717, 1.165) is 19.6 Å². The van der Waals surface area contributed by atoms with Crippen molar-refractivity contribution in [3.63, 3.8) is 0 Å². The van der Waals surface area contributed by atoms with Crippen molar-refractivity contribution in [1.29, 1.82) is 0 Å². The number of likely N-dealkylation sites (N-methyl/N-ethyl adjacent to an activating group) is 1. The number of aromatic nitrogens is 1. The summed E-state index contributed by atoms with van der Waals surface area (Å²) in [6.07, 6.45) is 1.27. The van der Waals surface area contributed by atoms with Crippen LogP contribution < -0.4 is 5.32 Å². The molecule has 0 spiro atoms. The maximum absolute atomic E-state index is 4.55. The lowest BCUT2D eigenvalue weighted by Crippen LogP contribution is -2.38. The fourth-order valence-corrected chi connectivity index (χ4v) is 3.86. The standard InChI is InChI=1S/C13H23N3S/c1-5-16(12-6-7-14-8-12)10(3)13-9(2)15-11(4)17-13/h10,12,14H,5-8H2,1-4H3. The van der Waals surface area contributed by atoms with Crippen molar-refractivity contribution in [2.24, 2.45) is 0 Å². The minimum Gasteiger partial charge on any atom is -0.315 e. The predicted octanol–water partition coefficient (Wildman–Crippen LogP) is 2.50. The Hall–Kier alpha value is -0.450. The van der Waals surface area contributed by atoms with Gasteiger partial charge < -0.3 is 5.32 Å². The molecule has 0 saturated carbocycles. The van der Waals surface area contributed by atoms with Gasteiger partial charge in [-0.25, -0.2) is 4.98 Å². The van der Waals surface area contributed by atoms with Gasteiger partial charge in [-0.1, -0.05) is 6.92 Å². The summed E-state index contributed by atoms with van der Waals surface area (Å²) in [5.74, 6) is 0. The van der Waals surface area contributed by atoms with Gasteiger partial charge in [-0.2, -0.15) is 0 Å². The molecule has 0 bridgehead atoms. The summed E-state index contributed by atoms with van der Waals surface area (Å²) in [4.78, 5) is 8.60. The van der Waals surface area contributed by atoms with Crippen LogP contribution in [-0.4, -0.2) is 35.6 Å². The molecule has 1 aromatic heterocycles. The lowest BCUT2D eigenvalue weighted by Gasteiger charge is -2.32.